The van der Waals surface area contributed by atoms with Gasteiger partial charge in [-0.25, -0.2) is 4.98 Å². The third-order valence-corrected chi connectivity index (χ3v) is 3.95. The lowest BCUT2D eigenvalue weighted by Crippen LogP contribution is -2.42. The highest BCUT2D eigenvalue weighted by Crippen LogP contribution is 2.22. The summed E-state index contributed by atoms with van der Waals surface area (Å²) in [5.41, 5.74) is 1.89. The smallest absolute Gasteiger partial charge is 0.252 e. The Kier molecular flexibility index (Phi) is 5.01. The summed E-state index contributed by atoms with van der Waals surface area (Å²) in [7, 11) is 0. The first-order valence-corrected chi connectivity index (χ1v) is 8.08. The summed E-state index contributed by atoms with van der Waals surface area (Å²) in [6.07, 6.45) is 1.70. The third kappa shape index (κ3) is 3.38. The van der Waals surface area contributed by atoms with Gasteiger partial charge in [0.1, 0.15) is 11.9 Å². The number of amides is 1. The Morgan fingerprint density at radius 2 is 1.95 bits per heavy atom. The van der Waals surface area contributed by atoms with Gasteiger partial charge in [0.15, 0.2) is 0 Å². The van der Waals surface area contributed by atoms with Gasteiger partial charge in [-0.05, 0) is 68.7 Å². The summed E-state index contributed by atoms with van der Waals surface area (Å²) in [5, 5.41) is 4.42. The van der Waals surface area contributed by atoms with Gasteiger partial charge in [-0.2, -0.15) is 5.10 Å². The molecule has 2 aromatic rings. The van der Waals surface area contributed by atoms with Gasteiger partial charge in [0.25, 0.3) is 5.91 Å². The number of carbonyl (C=O) groups is 1. The fraction of sp³-hybridized carbons (Fsp3) is 0.438. The van der Waals surface area contributed by atoms with Crippen molar-refractivity contribution in [2.75, 3.05) is 4.90 Å². The molecule has 1 unspecified atom stereocenters. The van der Waals surface area contributed by atoms with E-state index in [0.29, 0.717) is 5.82 Å². The Labute approximate surface area is 139 Å². The minimum atomic E-state index is -0.374. The van der Waals surface area contributed by atoms with Crippen LogP contribution in [-0.4, -0.2) is 26.7 Å². The number of anilines is 1. The quantitative estimate of drug-likeness (QED) is 0.831. The maximum absolute atomic E-state index is 12.9. The molecule has 0 saturated heterocycles. The van der Waals surface area contributed by atoms with Gasteiger partial charge < -0.3 is 0 Å². The van der Waals surface area contributed by atoms with Crippen LogP contribution in [0.5, 0.6) is 0 Å². The Balaban J connectivity index is 2.34. The van der Waals surface area contributed by atoms with Gasteiger partial charge in [0.05, 0.1) is 5.69 Å². The highest BCUT2D eigenvalue weighted by Gasteiger charge is 2.27. The molecule has 0 saturated carbocycles. The van der Waals surface area contributed by atoms with Crippen molar-refractivity contribution < 1.29 is 4.79 Å². The van der Waals surface area contributed by atoms with Crippen LogP contribution in [0.2, 0.25) is 0 Å². The van der Waals surface area contributed by atoms with Crippen LogP contribution in [0.4, 0.5) is 5.82 Å². The monoisotopic (exact) mass is 364 g/mol. The molecule has 0 aromatic carbocycles. The second kappa shape index (κ2) is 6.60. The van der Waals surface area contributed by atoms with Crippen molar-refractivity contribution in [3.63, 3.8) is 0 Å². The largest absolute Gasteiger partial charge is 0.292 e. The molecule has 0 aliphatic heterocycles. The molecule has 2 heterocycles. The van der Waals surface area contributed by atoms with Gasteiger partial charge in [0, 0.05) is 22.4 Å². The predicted molar refractivity (Wildman–Crippen MR) is 91.0 cm³/mol. The van der Waals surface area contributed by atoms with Crippen LogP contribution in [0.25, 0.3) is 0 Å². The lowest BCUT2D eigenvalue weighted by molar-refractivity contribution is -0.122. The molecule has 1 amide bonds. The average molecular weight is 365 g/mol. The van der Waals surface area contributed by atoms with Crippen LogP contribution in [0.3, 0.4) is 0 Å². The van der Waals surface area contributed by atoms with E-state index in [1.54, 1.807) is 15.8 Å². The second-order valence-electron chi connectivity index (χ2n) is 5.68. The van der Waals surface area contributed by atoms with Crippen molar-refractivity contribution in [2.45, 2.75) is 46.7 Å². The molecule has 1 atom stereocenters. The fourth-order valence-electron chi connectivity index (χ4n) is 2.49. The lowest BCUT2D eigenvalue weighted by Gasteiger charge is -2.29. The van der Waals surface area contributed by atoms with Gasteiger partial charge in [-0.3, -0.25) is 14.4 Å². The van der Waals surface area contributed by atoms with Crippen molar-refractivity contribution >= 4 is 27.7 Å². The number of nitrogens with zero attached hydrogens (tertiary/aromatic N) is 4. The number of aromatic nitrogens is 3. The van der Waals surface area contributed by atoms with Crippen LogP contribution >= 0.6 is 15.9 Å². The Morgan fingerprint density at radius 3 is 2.41 bits per heavy atom. The summed E-state index contributed by atoms with van der Waals surface area (Å²) in [4.78, 5) is 19.0. The van der Waals surface area contributed by atoms with E-state index in [2.05, 4.69) is 26.0 Å². The molecule has 0 spiro atoms. The molecule has 0 aliphatic rings. The molecule has 2 aromatic heterocycles. The average Bonchev–Trinajstić information content (AvgIpc) is 2.78. The summed E-state index contributed by atoms with van der Waals surface area (Å²) >= 11 is 3.37. The summed E-state index contributed by atoms with van der Waals surface area (Å²) < 4.78 is 2.66. The summed E-state index contributed by atoms with van der Waals surface area (Å²) in [6.45, 7) is 9.72. The number of rotatable bonds is 4. The number of pyridine rings is 1. The van der Waals surface area contributed by atoms with E-state index >= 15 is 0 Å². The molecule has 0 N–H and O–H groups in total. The molecule has 2 rings (SSSR count). The van der Waals surface area contributed by atoms with Gasteiger partial charge >= 0.3 is 0 Å². The Hall–Kier alpha value is -1.69. The van der Waals surface area contributed by atoms with Crippen LogP contribution in [-0.2, 0) is 4.79 Å². The van der Waals surface area contributed by atoms with Gasteiger partial charge in [-0.1, -0.05) is 0 Å². The maximum Gasteiger partial charge on any atom is 0.252 e. The molecule has 0 fully saturated rings. The topological polar surface area (TPSA) is 51.0 Å². The van der Waals surface area contributed by atoms with E-state index in [-0.39, 0.29) is 18.0 Å². The maximum atomic E-state index is 12.9. The zero-order valence-corrected chi connectivity index (χ0v) is 15.1. The van der Waals surface area contributed by atoms with Crippen molar-refractivity contribution in [1.29, 1.82) is 0 Å². The predicted octanol–water partition coefficient (Wildman–Crippen LogP) is 3.66. The van der Waals surface area contributed by atoms with Gasteiger partial charge in [-0.15, -0.1) is 0 Å². The van der Waals surface area contributed by atoms with Crippen molar-refractivity contribution in [2.24, 2.45) is 0 Å². The molecule has 0 radical (unpaired) electrons. The number of hydrogen-bond donors (Lipinski definition) is 0. The Bertz CT molecular complexity index is 663. The molecular weight excluding hydrogens is 344 g/mol. The molecule has 5 nitrogen and oxygen atoms in total. The minimum absolute atomic E-state index is 0.0144. The molecule has 118 valence electrons. The van der Waals surface area contributed by atoms with E-state index in [1.165, 1.54) is 0 Å². The van der Waals surface area contributed by atoms with E-state index < -0.39 is 0 Å². The van der Waals surface area contributed by atoms with Crippen molar-refractivity contribution in [3.05, 3.63) is 40.3 Å². The van der Waals surface area contributed by atoms with E-state index in [1.807, 2.05) is 52.8 Å². The molecule has 6 heteroatoms. The lowest BCUT2D eigenvalue weighted by atomic mass is 10.2. The highest BCUT2D eigenvalue weighted by molar-refractivity contribution is 9.10. The first kappa shape index (κ1) is 16.7. The number of carbonyl (C=O) groups excluding carboxylic acids is 1. The molecule has 0 bridgehead atoms. The number of halogens is 1. The molecular formula is C16H21BrN4O. The minimum Gasteiger partial charge on any atom is -0.292 e. The summed E-state index contributed by atoms with van der Waals surface area (Å²) in [6, 6.07) is 5.35. The van der Waals surface area contributed by atoms with Gasteiger partial charge in [0.2, 0.25) is 0 Å². The van der Waals surface area contributed by atoms with Crippen LogP contribution in [0.1, 0.15) is 38.2 Å². The van der Waals surface area contributed by atoms with E-state index in [4.69, 9.17) is 0 Å². The zero-order chi connectivity index (χ0) is 16.4. The molecule has 22 heavy (non-hydrogen) atoms. The standard InChI is InChI=1S/C16H21BrN4O/c1-10(2)20(15-7-6-14(17)9-18-15)16(22)13(5)21-12(4)8-11(3)19-21/h6-10,13H,1-5H3. The number of hydrogen-bond acceptors (Lipinski definition) is 3. The first-order valence-electron chi connectivity index (χ1n) is 7.28. The van der Waals surface area contributed by atoms with E-state index in [0.717, 1.165) is 15.9 Å². The SMILES string of the molecule is Cc1cc(C)n(C(C)C(=O)N(c2ccc(Br)cn2)C(C)C)n1. The molecule has 0 aliphatic carbocycles. The van der Waals surface area contributed by atoms with Crippen LogP contribution in [0.15, 0.2) is 28.9 Å². The van der Waals surface area contributed by atoms with Crippen molar-refractivity contribution in [3.8, 4) is 0 Å². The van der Waals surface area contributed by atoms with Crippen LogP contribution in [0, 0.1) is 13.8 Å². The second-order valence-corrected chi connectivity index (χ2v) is 6.60. The Morgan fingerprint density at radius 1 is 1.27 bits per heavy atom. The number of aryl methyl sites for hydroxylation is 2. The highest BCUT2D eigenvalue weighted by atomic mass is 79.9. The normalized spacial score (nSPS) is 12.5. The zero-order valence-electron chi connectivity index (χ0n) is 13.5. The third-order valence-electron chi connectivity index (χ3n) is 3.48. The van der Waals surface area contributed by atoms with Crippen LogP contribution < -0.4 is 4.90 Å². The van der Waals surface area contributed by atoms with E-state index in [9.17, 15) is 4.79 Å². The van der Waals surface area contributed by atoms with Crippen molar-refractivity contribution in [1.82, 2.24) is 14.8 Å². The summed E-state index contributed by atoms with van der Waals surface area (Å²) in [5.74, 6) is 0.632. The fourth-order valence-corrected chi connectivity index (χ4v) is 2.72. The first-order chi connectivity index (χ1) is 10.3.